The molecular formula is C13H7FN. The van der Waals surface area contributed by atoms with Crippen LogP contribution in [0.1, 0.15) is 5.56 Å². The van der Waals surface area contributed by atoms with Crippen molar-refractivity contribution in [2.45, 2.75) is 0 Å². The minimum absolute atomic E-state index is 0.394. The molecule has 0 amide bonds. The van der Waals surface area contributed by atoms with Crippen molar-refractivity contribution in [1.29, 1.82) is 5.26 Å². The molecule has 0 atom stereocenters. The van der Waals surface area contributed by atoms with Crippen LogP contribution in [0.5, 0.6) is 0 Å². The number of halogens is 1. The van der Waals surface area contributed by atoms with Gasteiger partial charge in [0.2, 0.25) is 0 Å². The molecule has 0 aromatic heterocycles. The molecule has 0 spiro atoms. The van der Waals surface area contributed by atoms with Gasteiger partial charge in [-0.05, 0) is 29.3 Å². The van der Waals surface area contributed by atoms with Crippen molar-refractivity contribution >= 4 is 0 Å². The van der Waals surface area contributed by atoms with E-state index in [0.717, 1.165) is 11.1 Å². The van der Waals surface area contributed by atoms with Gasteiger partial charge >= 0.3 is 0 Å². The maximum Gasteiger partial charge on any atom is 0.131 e. The average Bonchev–Trinajstić information content (AvgIpc) is 2.29. The fraction of sp³-hybridized carbons (Fsp3) is 0. The molecule has 0 bridgehead atoms. The van der Waals surface area contributed by atoms with Gasteiger partial charge in [-0.15, -0.1) is 0 Å². The number of nitrogens with zero attached hydrogens (tertiary/aromatic N) is 1. The van der Waals surface area contributed by atoms with Crippen molar-refractivity contribution in [3.05, 3.63) is 59.9 Å². The second-order valence-corrected chi connectivity index (χ2v) is 3.12. The fourth-order valence-corrected chi connectivity index (χ4v) is 1.39. The van der Waals surface area contributed by atoms with Crippen LogP contribution in [0, 0.1) is 23.2 Å². The Morgan fingerprint density at radius 3 is 2.67 bits per heavy atom. The van der Waals surface area contributed by atoms with Gasteiger partial charge in [0.05, 0.1) is 11.6 Å². The van der Waals surface area contributed by atoms with Gasteiger partial charge in [0.15, 0.2) is 0 Å². The van der Waals surface area contributed by atoms with Crippen molar-refractivity contribution in [3.8, 4) is 17.2 Å². The van der Waals surface area contributed by atoms with E-state index in [2.05, 4.69) is 12.1 Å². The minimum Gasteiger partial charge on any atom is -0.206 e. The lowest BCUT2D eigenvalue weighted by Crippen LogP contribution is -1.81. The van der Waals surface area contributed by atoms with Gasteiger partial charge in [0.1, 0.15) is 5.82 Å². The van der Waals surface area contributed by atoms with E-state index in [9.17, 15) is 4.39 Å². The van der Waals surface area contributed by atoms with Crippen LogP contribution in [0.3, 0.4) is 0 Å². The molecular weight excluding hydrogens is 189 g/mol. The van der Waals surface area contributed by atoms with Gasteiger partial charge in [-0.25, -0.2) is 4.39 Å². The van der Waals surface area contributed by atoms with Crippen LogP contribution in [0.2, 0.25) is 0 Å². The molecule has 2 heteroatoms. The summed E-state index contributed by atoms with van der Waals surface area (Å²) in [5.41, 5.74) is 2.16. The SMILES string of the molecule is N#Cc1cccc(-c2cc[c]c(F)c2)c1. The molecule has 71 valence electrons. The summed E-state index contributed by atoms with van der Waals surface area (Å²) in [5.74, 6) is -0.394. The first-order valence-electron chi connectivity index (χ1n) is 4.47. The zero-order valence-corrected chi connectivity index (χ0v) is 7.87. The lowest BCUT2D eigenvalue weighted by molar-refractivity contribution is 0.626. The molecule has 2 aromatic carbocycles. The highest BCUT2D eigenvalue weighted by Gasteiger charge is 2.00. The number of hydrogen-bond acceptors (Lipinski definition) is 1. The van der Waals surface area contributed by atoms with Gasteiger partial charge in [-0.2, -0.15) is 5.26 Å². The van der Waals surface area contributed by atoms with E-state index in [1.54, 1.807) is 24.3 Å². The summed E-state index contributed by atoms with van der Waals surface area (Å²) in [7, 11) is 0. The molecule has 0 aliphatic heterocycles. The van der Waals surface area contributed by atoms with Crippen LogP contribution >= 0.6 is 0 Å². The summed E-state index contributed by atoms with van der Waals surface area (Å²) in [6, 6.07) is 16.3. The molecule has 1 nitrogen and oxygen atoms in total. The molecule has 0 heterocycles. The second-order valence-electron chi connectivity index (χ2n) is 3.12. The highest BCUT2D eigenvalue weighted by molar-refractivity contribution is 5.64. The number of nitriles is 1. The number of benzene rings is 2. The lowest BCUT2D eigenvalue weighted by atomic mass is 10.0. The zero-order valence-electron chi connectivity index (χ0n) is 7.87. The average molecular weight is 196 g/mol. The number of hydrogen-bond donors (Lipinski definition) is 0. The summed E-state index contributed by atoms with van der Waals surface area (Å²) in [6.07, 6.45) is 0. The fourth-order valence-electron chi connectivity index (χ4n) is 1.39. The van der Waals surface area contributed by atoms with E-state index >= 15 is 0 Å². The standard InChI is InChI=1S/C13H7FN/c14-13-6-2-5-12(8-13)11-4-1-3-10(7-11)9-15/h1-5,7-8H. The molecule has 0 N–H and O–H groups in total. The molecule has 0 saturated carbocycles. The third-order valence-corrected chi connectivity index (χ3v) is 2.09. The van der Waals surface area contributed by atoms with Gasteiger partial charge < -0.3 is 0 Å². The first-order chi connectivity index (χ1) is 7.29. The Kier molecular flexibility index (Phi) is 2.47. The summed E-state index contributed by atoms with van der Waals surface area (Å²) < 4.78 is 12.9. The van der Waals surface area contributed by atoms with Crippen LogP contribution in [0.15, 0.2) is 42.5 Å². The maximum absolute atomic E-state index is 12.9. The smallest absolute Gasteiger partial charge is 0.131 e. The van der Waals surface area contributed by atoms with Crippen LogP contribution in [0.4, 0.5) is 4.39 Å². The molecule has 0 unspecified atom stereocenters. The van der Waals surface area contributed by atoms with E-state index in [1.807, 2.05) is 6.07 Å². The summed E-state index contributed by atoms with van der Waals surface area (Å²) >= 11 is 0. The largest absolute Gasteiger partial charge is 0.206 e. The molecule has 15 heavy (non-hydrogen) atoms. The first kappa shape index (κ1) is 9.42. The minimum atomic E-state index is -0.394. The monoisotopic (exact) mass is 196 g/mol. The van der Waals surface area contributed by atoms with Crippen molar-refractivity contribution in [1.82, 2.24) is 0 Å². The molecule has 2 rings (SSSR count). The van der Waals surface area contributed by atoms with Crippen molar-refractivity contribution in [2.24, 2.45) is 0 Å². The van der Waals surface area contributed by atoms with Gasteiger partial charge in [0, 0.05) is 6.07 Å². The predicted molar refractivity (Wildman–Crippen MR) is 55.4 cm³/mol. The molecule has 1 radical (unpaired) electrons. The van der Waals surface area contributed by atoms with E-state index in [4.69, 9.17) is 5.26 Å². The molecule has 0 aliphatic rings. The van der Waals surface area contributed by atoms with Crippen molar-refractivity contribution in [3.63, 3.8) is 0 Å². The Hall–Kier alpha value is -2.14. The Balaban J connectivity index is 2.50. The van der Waals surface area contributed by atoms with Gasteiger partial charge in [-0.3, -0.25) is 0 Å². The van der Waals surface area contributed by atoms with E-state index < -0.39 is 5.82 Å². The zero-order chi connectivity index (χ0) is 10.7. The van der Waals surface area contributed by atoms with Crippen LogP contribution in [-0.2, 0) is 0 Å². The summed E-state index contributed by atoms with van der Waals surface area (Å²) in [5, 5.41) is 8.73. The Bertz CT molecular complexity index is 526. The molecule has 0 saturated heterocycles. The maximum atomic E-state index is 12.9. The summed E-state index contributed by atoms with van der Waals surface area (Å²) in [6.45, 7) is 0. The van der Waals surface area contributed by atoms with Crippen molar-refractivity contribution < 1.29 is 4.39 Å². The lowest BCUT2D eigenvalue weighted by Gasteiger charge is -2.01. The van der Waals surface area contributed by atoms with Crippen LogP contribution in [0.25, 0.3) is 11.1 Å². The quantitative estimate of drug-likeness (QED) is 0.687. The van der Waals surface area contributed by atoms with Crippen molar-refractivity contribution in [2.75, 3.05) is 0 Å². The Morgan fingerprint density at radius 1 is 1.13 bits per heavy atom. The Morgan fingerprint density at radius 2 is 1.93 bits per heavy atom. The van der Waals surface area contributed by atoms with E-state index in [-0.39, 0.29) is 0 Å². The second kappa shape index (κ2) is 3.93. The van der Waals surface area contributed by atoms with Crippen LogP contribution in [-0.4, -0.2) is 0 Å². The normalized spacial score (nSPS) is 9.60. The third-order valence-electron chi connectivity index (χ3n) is 2.09. The predicted octanol–water partition coefficient (Wildman–Crippen LogP) is 3.16. The Labute approximate surface area is 87.4 Å². The van der Waals surface area contributed by atoms with E-state index in [0.29, 0.717) is 5.56 Å². The van der Waals surface area contributed by atoms with Gasteiger partial charge in [-0.1, -0.05) is 24.3 Å². The van der Waals surface area contributed by atoms with E-state index in [1.165, 1.54) is 12.1 Å². The third kappa shape index (κ3) is 2.03. The molecule has 2 aromatic rings. The highest BCUT2D eigenvalue weighted by Crippen LogP contribution is 2.20. The number of rotatable bonds is 1. The summed E-state index contributed by atoms with van der Waals surface area (Å²) in [4.78, 5) is 0. The molecule has 0 fully saturated rings. The highest BCUT2D eigenvalue weighted by atomic mass is 19.1. The van der Waals surface area contributed by atoms with Gasteiger partial charge in [0.25, 0.3) is 0 Å². The molecule has 0 aliphatic carbocycles. The van der Waals surface area contributed by atoms with Crippen LogP contribution < -0.4 is 0 Å². The first-order valence-corrected chi connectivity index (χ1v) is 4.47. The topological polar surface area (TPSA) is 23.8 Å².